The van der Waals surface area contributed by atoms with E-state index in [-0.39, 0.29) is 17.8 Å². The minimum atomic E-state index is -0.846. The van der Waals surface area contributed by atoms with Crippen molar-refractivity contribution in [1.82, 2.24) is 14.9 Å². The maximum atomic E-state index is 13.3. The van der Waals surface area contributed by atoms with Crippen molar-refractivity contribution in [2.45, 2.75) is 37.5 Å². The number of imidazole rings is 1. The first-order valence-electron chi connectivity index (χ1n) is 8.58. The number of hydrogen-bond donors (Lipinski definition) is 2. The van der Waals surface area contributed by atoms with Crippen LogP contribution >= 0.6 is 0 Å². The van der Waals surface area contributed by atoms with Crippen LogP contribution in [0.3, 0.4) is 0 Å². The van der Waals surface area contributed by atoms with Crippen LogP contribution in [0, 0.1) is 5.82 Å². The Morgan fingerprint density at radius 1 is 1.46 bits per heavy atom. The summed E-state index contributed by atoms with van der Waals surface area (Å²) >= 11 is 0. The molecule has 0 radical (unpaired) electrons. The Kier molecular flexibility index (Phi) is 5.68. The molecule has 0 spiro atoms. The van der Waals surface area contributed by atoms with Crippen molar-refractivity contribution in [1.29, 1.82) is 0 Å². The average molecular weight is 359 g/mol. The fourth-order valence-corrected chi connectivity index (χ4v) is 3.18. The van der Waals surface area contributed by atoms with Gasteiger partial charge in [-0.3, -0.25) is 4.79 Å². The number of aromatic nitrogens is 2. The van der Waals surface area contributed by atoms with E-state index in [9.17, 15) is 14.3 Å². The van der Waals surface area contributed by atoms with E-state index in [1.54, 1.807) is 31.5 Å². The zero-order valence-corrected chi connectivity index (χ0v) is 14.5. The summed E-state index contributed by atoms with van der Waals surface area (Å²) in [5.74, 6) is -0.224. The van der Waals surface area contributed by atoms with Gasteiger partial charge in [0.2, 0.25) is 5.91 Å². The summed E-state index contributed by atoms with van der Waals surface area (Å²) in [6.45, 7) is 0. The smallest absolute Gasteiger partial charge is 0.246 e. The Morgan fingerprint density at radius 2 is 2.31 bits per heavy atom. The lowest BCUT2D eigenvalue weighted by molar-refractivity contribution is -0.132. The molecular weight excluding hydrogens is 337 g/mol. The van der Waals surface area contributed by atoms with Gasteiger partial charge in [0.1, 0.15) is 23.8 Å². The van der Waals surface area contributed by atoms with E-state index in [1.807, 2.05) is 0 Å². The number of amides is 1. The molecule has 1 fully saturated rings. The number of halogens is 1. The van der Waals surface area contributed by atoms with Gasteiger partial charge in [-0.25, -0.2) is 9.37 Å². The number of carbonyl (C=O) groups is 1. The number of aliphatic hydroxyl groups excluding tert-OH is 1. The van der Waals surface area contributed by atoms with Crippen molar-refractivity contribution in [3.63, 3.8) is 0 Å². The second-order valence-corrected chi connectivity index (χ2v) is 6.39. The lowest BCUT2D eigenvalue weighted by Gasteiger charge is -2.39. The summed E-state index contributed by atoms with van der Waals surface area (Å²) in [5, 5.41) is 10.7. The van der Waals surface area contributed by atoms with Crippen molar-refractivity contribution in [2.75, 3.05) is 7.05 Å². The van der Waals surface area contributed by atoms with Gasteiger partial charge < -0.3 is 19.7 Å². The van der Waals surface area contributed by atoms with Gasteiger partial charge in [0.05, 0.1) is 24.3 Å². The summed E-state index contributed by atoms with van der Waals surface area (Å²) in [4.78, 5) is 20.7. The van der Waals surface area contributed by atoms with Gasteiger partial charge in [-0.15, -0.1) is 0 Å². The molecule has 26 heavy (non-hydrogen) atoms. The first-order valence-corrected chi connectivity index (χ1v) is 8.58. The van der Waals surface area contributed by atoms with Gasteiger partial charge in [-0.1, -0.05) is 6.07 Å². The van der Waals surface area contributed by atoms with Crippen LogP contribution in [0.4, 0.5) is 4.39 Å². The van der Waals surface area contributed by atoms with Gasteiger partial charge in [0.15, 0.2) is 0 Å². The predicted octanol–water partition coefficient (Wildman–Crippen LogP) is 2.38. The first-order chi connectivity index (χ1) is 12.5. The molecule has 138 valence electrons. The van der Waals surface area contributed by atoms with Crippen molar-refractivity contribution in [3.8, 4) is 5.75 Å². The monoisotopic (exact) mass is 359 g/mol. The third-order valence-corrected chi connectivity index (χ3v) is 4.62. The van der Waals surface area contributed by atoms with Crippen LogP contribution in [0.2, 0.25) is 0 Å². The first kappa shape index (κ1) is 18.1. The molecule has 1 amide bonds. The summed E-state index contributed by atoms with van der Waals surface area (Å²) in [6.07, 6.45) is 7.05. The molecule has 1 aliphatic carbocycles. The van der Waals surface area contributed by atoms with E-state index in [4.69, 9.17) is 4.74 Å². The molecule has 0 aliphatic heterocycles. The third-order valence-electron chi connectivity index (χ3n) is 4.62. The number of aromatic amines is 1. The highest BCUT2D eigenvalue weighted by molar-refractivity contribution is 5.91. The van der Waals surface area contributed by atoms with Crippen LogP contribution in [0.5, 0.6) is 5.75 Å². The van der Waals surface area contributed by atoms with Crippen LogP contribution in [0.15, 0.2) is 42.9 Å². The number of rotatable bonds is 5. The molecule has 3 rings (SSSR count). The summed E-state index contributed by atoms with van der Waals surface area (Å²) < 4.78 is 19.1. The zero-order valence-electron chi connectivity index (χ0n) is 14.5. The fraction of sp³-hybridized carbons (Fsp3) is 0.368. The second-order valence-electron chi connectivity index (χ2n) is 6.39. The molecule has 3 atom stereocenters. The highest BCUT2D eigenvalue weighted by atomic mass is 19.1. The molecule has 1 aliphatic rings. The highest BCUT2D eigenvalue weighted by Gasteiger charge is 2.36. The largest absolute Gasteiger partial charge is 0.488 e. The Labute approximate surface area is 151 Å². The summed E-state index contributed by atoms with van der Waals surface area (Å²) in [7, 11) is 1.66. The van der Waals surface area contributed by atoms with Crippen molar-refractivity contribution in [3.05, 3.63) is 54.4 Å². The Bertz CT molecular complexity index is 763. The molecule has 0 bridgehead atoms. The quantitative estimate of drug-likeness (QED) is 0.804. The van der Waals surface area contributed by atoms with E-state index in [2.05, 4.69) is 9.97 Å². The van der Waals surface area contributed by atoms with Crippen molar-refractivity contribution in [2.24, 2.45) is 0 Å². The van der Waals surface area contributed by atoms with Gasteiger partial charge in [-0.2, -0.15) is 0 Å². The maximum Gasteiger partial charge on any atom is 0.246 e. The minimum Gasteiger partial charge on any atom is -0.488 e. The normalized spacial score (nSPS) is 23.1. The molecule has 6 nitrogen and oxygen atoms in total. The molecule has 1 heterocycles. The standard InChI is InChI=1S/C19H22FN3O3/c1-23(18(24)9-8-14-11-21-12-22-14)16-6-3-7-17(19(16)25)26-15-5-2-4-13(20)10-15/h2,4-5,8-12,16-17,19,25H,3,6-7H2,1H3,(H,21,22)/t16-,17-,19-/m1/s1. The minimum absolute atomic E-state index is 0.213. The van der Waals surface area contributed by atoms with E-state index < -0.39 is 12.2 Å². The maximum absolute atomic E-state index is 13.3. The summed E-state index contributed by atoms with van der Waals surface area (Å²) in [6, 6.07) is 5.49. The third kappa shape index (κ3) is 4.29. The molecule has 1 aromatic carbocycles. The SMILES string of the molecule is CN(C(=O)C=Cc1cnc[nH]1)[C@@H]1CCC[C@@H](Oc2cccc(F)c2)[C@@H]1O. The molecule has 0 unspecified atom stereocenters. The highest BCUT2D eigenvalue weighted by Crippen LogP contribution is 2.27. The fourth-order valence-electron chi connectivity index (χ4n) is 3.18. The topological polar surface area (TPSA) is 78.5 Å². The number of nitrogens with zero attached hydrogens (tertiary/aromatic N) is 2. The molecule has 1 aromatic heterocycles. The van der Waals surface area contributed by atoms with Crippen molar-refractivity contribution < 1.29 is 19.0 Å². The number of H-pyrrole nitrogens is 1. The van der Waals surface area contributed by atoms with E-state index in [0.717, 1.165) is 12.1 Å². The molecule has 7 heteroatoms. The molecule has 0 saturated heterocycles. The van der Waals surface area contributed by atoms with Gasteiger partial charge >= 0.3 is 0 Å². The molecule has 2 aromatic rings. The van der Waals surface area contributed by atoms with Gasteiger partial charge in [-0.05, 0) is 37.5 Å². The number of carbonyl (C=O) groups excluding carboxylic acids is 1. The number of hydrogen-bond acceptors (Lipinski definition) is 4. The van der Waals surface area contributed by atoms with E-state index >= 15 is 0 Å². The Morgan fingerprint density at radius 3 is 3.04 bits per heavy atom. The number of aliphatic hydroxyl groups is 1. The van der Waals surface area contributed by atoms with Crippen LogP contribution in [-0.2, 0) is 4.79 Å². The lowest BCUT2D eigenvalue weighted by atomic mass is 9.89. The zero-order chi connectivity index (χ0) is 18.5. The molecular formula is C19H22FN3O3. The van der Waals surface area contributed by atoms with E-state index in [0.29, 0.717) is 18.6 Å². The molecule has 2 N–H and O–H groups in total. The van der Waals surface area contributed by atoms with Crippen LogP contribution in [0.1, 0.15) is 25.0 Å². The number of nitrogens with one attached hydrogen (secondary N) is 1. The van der Waals surface area contributed by atoms with Gasteiger partial charge in [0, 0.05) is 19.2 Å². The van der Waals surface area contributed by atoms with Crippen LogP contribution < -0.4 is 4.74 Å². The van der Waals surface area contributed by atoms with E-state index in [1.165, 1.54) is 29.4 Å². The Hall–Kier alpha value is -2.67. The van der Waals surface area contributed by atoms with Crippen molar-refractivity contribution >= 4 is 12.0 Å². The average Bonchev–Trinajstić information content (AvgIpc) is 3.14. The second kappa shape index (κ2) is 8.14. The van der Waals surface area contributed by atoms with Gasteiger partial charge in [0.25, 0.3) is 0 Å². The predicted molar refractivity (Wildman–Crippen MR) is 94.9 cm³/mol. The number of likely N-dealkylation sites (N-methyl/N-ethyl adjacent to an activating group) is 1. The van der Waals surface area contributed by atoms with Crippen LogP contribution in [-0.4, -0.2) is 51.2 Å². The lowest BCUT2D eigenvalue weighted by Crippen LogP contribution is -2.53. The number of ether oxygens (including phenoxy) is 1. The summed E-state index contributed by atoms with van der Waals surface area (Å²) in [5.41, 5.74) is 0.725. The Balaban J connectivity index is 1.64. The number of benzene rings is 1. The molecule has 1 saturated carbocycles. The van der Waals surface area contributed by atoms with Crippen LogP contribution in [0.25, 0.3) is 6.08 Å².